The van der Waals surface area contributed by atoms with Crippen LogP contribution in [0, 0.1) is 0 Å². The van der Waals surface area contributed by atoms with Crippen molar-refractivity contribution in [1.29, 1.82) is 0 Å². The number of nitrogens with zero attached hydrogens (tertiary/aromatic N) is 2. The lowest BCUT2D eigenvalue weighted by atomic mass is 10.1. The van der Waals surface area contributed by atoms with Crippen molar-refractivity contribution in [3.8, 4) is 5.75 Å². The third-order valence-electron chi connectivity index (χ3n) is 3.23. The summed E-state index contributed by atoms with van der Waals surface area (Å²) in [5, 5.41) is 9.77. The smallest absolute Gasteiger partial charge is 0.133 e. The molecule has 112 valence electrons. The van der Waals surface area contributed by atoms with Crippen LogP contribution in [0.25, 0.3) is 0 Å². The summed E-state index contributed by atoms with van der Waals surface area (Å²) in [6, 6.07) is 11.7. The molecule has 2 aromatic rings. The molecule has 0 aliphatic heterocycles. The van der Waals surface area contributed by atoms with E-state index < -0.39 is 0 Å². The van der Waals surface area contributed by atoms with Gasteiger partial charge in [-0.05, 0) is 12.1 Å². The van der Waals surface area contributed by atoms with Crippen molar-refractivity contribution in [2.45, 2.75) is 13.1 Å². The average molecular weight is 307 g/mol. The van der Waals surface area contributed by atoms with E-state index in [9.17, 15) is 5.11 Å². The first-order chi connectivity index (χ1) is 10.2. The Hall–Kier alpha value is -1.62. The second-order valence-corrected chi connectivity index (χ2v) is 5.06. The van der Waals surface area contributed by atoms with E-state index in [1.54, 1.807) is 13.3 Å². The molecular weight excluding hydrogens is 288 g/mol. The third kappa shape index (κ3) is 4.43. The lowest BCUT2D eigenvalue weighted by molar-refractivity contribution is 0.183. The number of rotatable bonds is 7. The molecule has 0 saturated carbocycles. The Labute approximate surface area is 130 Å². The first-order valence-electron chi connectivity index (χ1n) is 6.79. The molecule has 0 saturated heterocycles. The first kappa shape index (κ1) is 15.8. The van der Waals surface area contributed by atoms with Gasteiger partial charge in [0, 0.05) is 37.0 Å². The summed E-state index contributed by atoms with van der Waals surface area (Å²) in [4.78, 5) is 6.20. The van der Waals surface area contributed by atoms with E-state index in [0.29, 0.717) is 24.8 Å². The number of para-hydroxylation sites is 1. The zero-order valence-corrected chi connectivity index (χ0v) is 12.8. The van der Waals surface area contributed by atoms with Crippen LogP contribution in [0.1, 0.15) is 11.1 Å². The molecule has 0 aliphatic rings. The van der Waals surface area contributed by atoms with Crippen LogP contribution in [0.2, 0.25) is 5.15 Å². The topological polar surface area (TPSA) is 45.6 Å². The van der Waals surface area contributed by atoms with Gasteiger partial charge in [0.15, 0.2) is 0 Å². The maximum Gasteiger partial charge on any atom is 0.133 e. The van der Waals surface area contributed by atoms with Gasteiger partial charge in [-0.3, -0.25) is 4.90 Å². The molecule has 1 aromatic heterocycles. The Morgan fingerprint density at radius 2 is 1.86 bits per heavy atom. The van der Waals surface area contributed by atoms with Gasteiger partial charge in [0.2, 0.25) is 0 Å². The van der Waals surface area contributed by atoms with E-state index in [1.807, 2.05) is 36.4 Å². The van der Waals surface area contributed by atoms with Crippen LogP contribution in [-0.2, 0) is 13.1 Å². The summed E-state index contributed by atoms with van der Waals surface area (Å²) in [5.41, 5.74) is 2.02. The Balaban J connectivity index is 2.14. The zero-order chi connectivity index (χ0) is 15.1. The fraction of sp³-hybridized carbons (Fsp3) is 0.312. The molecule has 1 aromatic carbocycles. The minimum absolute atomic E-state index is 0.0903. The van der Waals surface area contributed by atoms with Gasteiger partial charge < -0.3 is 9.84 Å². The number of aromatic nitrogens is 1. The van der Waals surface area contributed by atoms with Gasteiger partial charge in [-0.25, -0.2) is 4.98 Å². The molecule has 0 amide bonds. The van der Waals surface area contributed by atoms with Gasteiger partial charge in [0.05, 0.1) is 13.7 Å². The third-order valence-corrected chi connectivity index (χ3v) is 3.57. The molecule has 0 aliphatic carbocycles. The van der Waals surface area contributed by atoms with Gasteiger partial charge in [-0.1, -0.05) is 35.9 Å². The highest BCUT2D eigenvalue weighted by Crippen LogP contribution is 2.21. The molecule has 0 atom stereocenters. The standard InChI is InChI=1S/C16H19ClN2O2/c1-21-15-7-3-2-5-13(15)11-19(9-10-20)12-14-6-4-8-18-16(14)17/h2-8,20H,9-12H2,1H3. The quantitative estimate of drug-likeness (QED) is 0.799. The SMILES string of the molecule is COc1ccccc1CN(CCO)Cc1cccnc1Cl. The molecule has 0 fully saturated rings. The van der Waals surface area contributed by atoms with Crippen molar-refractivity contribution in [2.75, 3.05) is 20.3 Å². The van der Waals surface area contributed by atoms with E-state index in [2.05, 4.69) is 9.88 Å². The number of aliphatic hydroxyl groups is 1. The number of aliphatic hydroxyl groups excluding tert-OH is 1. The first-order valence-corrected chi connectivity index (χ1v) is 7.17. The number of pyridine rings is 1. The fourth-order valence-electron chi connectivity index (χ4n) is 2.21. The zero-order valence-electron chi connectivity index (χ0n) is 12.0. The average Bonchev–Trinajstić information content (AvgIpc) is 2.50. The number of halogens is 1. The van der Waals surface area contributed by atoms with Gasteiger partial charge in [0.1, 0.15) is 10.9 Å². The molecule has 1 N–H and O–H groups in total. The molecule has 0 spiro atoms. The van der Waals surface area contributed by atoms with Crippen LogP contribution >= 0.6 is 11.6 Å². The Kier molecular flexibility index (Phi) is 5.99. The highest BCUT2D eigenvalue weighted by Gasteiger charge is 2.11. The number of benzene rings is 1. The maximum absolute atomic E-state index is 9.27. The van der Waals surface area contributed by atoms with Gasteiger partial charge in [-0.15, -0.1) is 0 Å². The van der Waals surface area contributed by atoms with Crippen LogP contribution in [0.5, 0.6) is 5.75 Å². The monoisotopic (exact) mass is 306 g/mol. The van der Waals surface area contributed by atoms with Crippen molar-refractivity contribution in [1.82, 2.24) is 9.88 Å². The summed E-state index contributed by atoms with van der Waals surface area (Å²) in [7, 11) is 1.66. The number of ether oxygens (including phenoxy) is 1. The molecule has 1 heterocycles. The lowest BCUT2D eigenvalue weighted by Crippen LogP contribution is -2.26. The van der Waals surface area contributed by atoms with Crippen LogP contribution in [0.15, 0.2) is 42.6 Å². The van der Waals surface area contributed by atoms with Crippen molar-refractivity contribution in [2.24, 2.45) is 0 Å². The molecule has 2 rings (SSSR count). The number of methoxy groups -OCH3 is 1. The lowest BCUT2D eigenvalue weighted by Gasteiger charge is -2.22. The fourth-order valence-corrected chi connectivity index (χ4v) is 2.39. The van der Waals surface area contributed by atoms with Crippen LogP contribution < -0.4 is 4.74 Å². The van der Waals surface area contributed by atoms with Crippen molar-refractivity contribution >= 4 is 11.6 Å². The summed E-state index contributed by atoms with van der Waals surface area (Å²) >= 11 is 6.11. The highest BCUT2D eigenvalue weighted by molar-refractivity contribution is 6.30. The van der Waals surface area contributed by atoms with Crippen LogP contribution in [0.3, 0.4) is 0 Å². The normalized spacial score (nSPS) is 10.9. The van der Waals surface area contributed by atoms with Gasteiger partial charge in [-0.2, -0.15) is 0 Å². The summed E-state index contributed by atoms with van der Waals surface area (Å²) in [6.07, 6.45) is 1.67. The summed E-state index contributed by atoms with van der Waals surface area (Å²) in [5.74, 6) is 0.845. The van der Waals surface area contributed by atoms with E-state index in [4.69, 9.17) is 16.3 Å². The van der Waals surface area contributed by atoms with Crippen molar-refractivity contribution < 1.29 is 9.84 Å². The summed E-state index contributed by atoms with van der Waals surface area (Å²) in [6.45, 7) is 1.96. The van der Waals surface area contributed by atoms with Crippen molar-refractivity contribution in [3.05, 3.63) is 58.9 Å². The van der Waals surface area contributed by atoms with E-state index in [-0.39, 0.29) is 6.61 Å². The second-order valence-electron chi connectivity index (χ2n) is 4.70. The van der Waals surface area contributed by atoms with Gasteiger partial charge >= 0.3 is 0 Å². The van der Waals surface area contributed by atoms with Gasteiger partial charge in [0.25, 0.3) is 0 Å². The predicted molar refractivity (Wildman–Crippen MR) is 83.4 cm³/mol. The van der Waals surface area contributed by atoms with E-state index >= 15 is 0 Å². The molecule has 4 nitrogen and oxygen atoms in total. The van der Waals surface area contributed by atoms with E-state index in [1.165, 1.54) is 0 Å². The molecule has 5 heteroatoms. The highest BCUT2D eigenvalue weighted by atomic mass is 35.5. The minimum Gasteiger partial charge on any atom is -0.496 e. The van der Waals surface area contributed by atoms with Crippen molar-refractivity contribution in [3.63, 3.8) is 0 Å². The molecular formula is C16H19ClN2O2. The molecule has 21 heavy (non-hydrogen) atoms. The molecule has 0 unspecified atom stereocenters. The Morgan fingerprint density at radius 1 is 1.14 bits per heavy atom. The maximum atomic E-state index is 9.27. The number of hydrogen-bond donors (Lipinski definition) is 1. The Morgan fingerprint density at radius 3 is 2.57 bits per heavy atom. The van der Waals surface area contributed by atoms with Crippen LogP contribution in [-0.4, -0.2) is 35.3 Å². The molecule has 0 radical (unpaired) electrons. The largest absolute Gasteiger partial charge is 0.496 e. The van der Waals surface area contributed by atoms with E-state index in [0.717, 1.165) is 16.9 Å². The van der Waals surface area contributed by atoms with Crippen LogP contribution in [0.4, 0.5) is 0 Å². The molecule has 0 bridgehead atoms. The Bertz CT molecular complexity index is 578. The number of hydrogen-bond acceptors (Lipinski definition) is 4. The second kappa shape index (κ2) is 7.98. The predicted octanol–water partition coefficient (Wildman–Crippen LogP) is 2.74. The summed E-state index contributed by atoms with van der Waals surface area (Å²) < 4.78 is 5.37. The minimum atomic E-state index is 0.0903.